The zero-order chi connectivity index (χ0) is 25.2. The van der Waals surface area contributed by atoms with Crippen LogP contribution in [0.1, 0.15) is 5.56 Å². The number of fused-ring (bicyclic) bond motifs is 1. The van der Waals surface area contributed by atoms with E-state index in [1.165, 1.54) is 37.1 Å². The van der Waals surface area contributed by atoms with Gasteiger partial charge in [-0.3, -0.25) is 4.79 Å². The molecule has 0 unspecified atom stereocenters. The Balaban J connectivity index is 1.67. The van der Waals surface area contributed by atoms with Crippen molar-refractivity contribution in [3.8, 4) is 11.5 Å². The van der Waals surface area contributed by atoms with E-state index in [9.17, 15) is 17.6 Å². The van der Waals surface area contributed by atoms with Crippen LogP contribution in [-0.2, 0) is 26.9 Å². The standard InChI is InChI=1S/C25H22ClFN2O5S/c1-33-16-10-11-23(34-2)21(12-16)28-25(30)14-29-13-24(17-6-3-4-9-22(17)29)35(31,32)15-18-19(26)7-5-8-20(18)27/h3-13H,14-15H2,1-2H3,(H,28,30). The van der Waals surface area contributed by atoms with Gasteiger partial charge in [0.25, 0.3) is 0 Å². The molecular weight excluding hydrogens is 495 g/mol. The van der Waals surface area contributed by atoms with Gasteiger partial charge < -0.3 is 19.4 Å². The van der Waals surface area contributed by atoms with Crippen LogP contribution in [0.3, 0.4) is 0 Å². The molecule has 0 saturated heterocycles. The number of sulfone groups is 1. The monoisotopic (exact) mass is 516 g/mol. The second kappa shape index (κ2) is 9.97. The SMILES string of the molecule is COc1ccc(OC)c(NC(=O)Cn2cc(S(=O)(=O)Cc3c(F)cccc3Cl)c3ccccc32)c1. The van der Waals surface area contributed by atoms with Crippen molar-refractivity contribution in [1.29, 1.82) is 0 Å². The number of amides is 1. The lowest BCUT2D eigenvalue weighted by Crippen LogP contribution is -2.18. The van der Waals surface area contributed by atoms with Crippen LogP contribution < -0.4 is 14.8 Å². The number of carbonyl (C=O) groups is 1. The molecule has 3 aromatic carbocycles. The first kappa shape index (κ1) is 24.6. The third-order valence-corrected chi connectivity index (χ3v) is 7.50. The number of halogens is 2. The highest BCUT2D eigenvalue weighted by atomic mass is 35.5. The number of aromatic nitrogens is 1. The number of anilines is 1. The van der Waals surface area contributed by atoms with Crippen LogP contribution in [0.2, 0.25) is 5.02 Å². The summed E-state index contributed by atoms with van der Waals surface area (Å²) in [4.78, 5) is 12.9. The summed E-state index contributed by atoms with van der Waals surface area (Å²) in [6.45, 7) is -0.170. The van der Waals surface area contributed by atoms with E-state index in [0.717, 1.165) is 6.07 Å². The molecule has 1 amide bonds. The summed E-state index contributed by atoms with van der Waals surface area (Å²) >= 11 is 6.06. The highest BCUT2D eigenvalue weighted by Crippen LogP contribution is 2.32. The molecule has 7 nitrogen and oxygen atoms in total. The van der Waals surface area contributed by atoms with Crippen LogP contribution in [0.4, 0.5) is 10.1 Å². The number of para-hydroxylation sites is 1. The Morgan fingerprint density at radius 1 is 1.06 bits per heavy atom. The Labute approximate surface area is 207 Å². The second-order valence-corrected chi connectivity index (χ2v) is 10.1. The van der Waals surface area contributed by atoms with Crippen molar-refractivity contribution < 1.29 is 27.1 Å². The molecule has 0 fully saturated rings. The molecular formula is C25H22ClFN2O5S. The minimum atomic E-state index is -3.99. The largest absolute Gasteiger partial charge is 0.497 e. The summed E-state index contributed by atoms with van der Waals surface area (Å²) in [5.74, 6) is -0.733. The van der Waals surface area contributed by atoms with Crippen LogP contribution in [0, 0.1) is 5.82 Å². The minimum Gasteiger partial charge on any atom is -0.497 e. The molecule has 182 valence electrons. The smallest absolute Gasteiger partial charge is 0.244 e. The first-order valence-electron chi connectivity index (χ1n) is 10.5. The van der Waals surface area contributed by atoms with Gasteiger partial charge in [-0.05, 0) is 30.3 Å². The predicted molar refractivity (Wildman–Crippen MR) is 132 cm³/mol. The van der Waals surface area contributed by atoms with E-state index in [0.29, 0.717) is 28.1 Å². The van der Waals surface area contributed by atoms with Crippen molar-refractivity contribution in [2.24, 2.45) is 0 Å². The molecule has 0 atom stereocenters. The highest BCUT2D eigenvalue weighted by molar-refractivity contribution is 7.90. The number of benzene rings is 3. The maximum Gasteiger partial charge on any atom is 0.244 e. The first-order chi connectivity index (χ1) is 16.7. The summed E-state index contributed by atoms with van der Waals surface area (Å²) in [6, 6.07) is 15.8. The average Bonchev–Trinajstić information content (AvgIpc) is 3.21. The molecule has 35 heavy (non-hydrogen) atoms. The van der Waals surface area contributed by atoms with Crippen molar-refractivity contribution in [3.63, 3.8) is 0 Å². The zero-order valence-corrected chi connectivity index (χ0v) is 20.5. The molecule has 1 heterocycles. The lowest BCUT2D eigenvalue weighted by Gasteiger charge is -2.12. The maximum absolute atomic E-state index is 14.3. The van der Waals surface area contributed by atoms with Gasteiger partial charge in [0.15, 0.2) is 9.84 Å². The van der Waals surface area contributed by atoms with Crippen molar-refractivity contribution >= 4 is 43.9 Å². The predicted octanol–water partition coefficient (Wildman–Crippen LogP) is 5.06. The van der Waals surface area contributed by atoms with Crippen molar-refractivity contribution in [1.82, 2.24) is 4.57 Å². The number of rotatable bonds is 8. The summed E-state index contributed by atoms with van der Waals surface area (Å²) in [7, 11) is -1.00. The molecule has 0 bridgehead atoms. The van der Waals surface area contributed by atoms with Gasteiger partial charge in [0.05, 0.1) is 30.6 Å². The van der Waals surface area contributed by atoms with E-state index in [2.05, 4.69) is 5.32 Å². The Hall–Kier alpha value is -3.56. The number of nitrogens with zero attached hydrogens (tertiary/aromatic N) is 1. The normalized spacial score (nSPS) is 11.4. The van der Waals surface area contributed by atoms with E-state index < -0.39 is 27.3 Å². The fourth-order valence-electron chi connectivity index (χ4n) is 3.79. The summed E-state index contributed by atoms with van der Waals surface area (Å²) in [5, 5.41) is 3.23. The molecule has 0 spiro atoms. The molecule has 4 rings (SSSR count). The topological polar surface area (TPSA) is 86.6 Å². The molecule has 0 radical (unpaired) electrons. The third kappa shape index (κ3) is 5.11. The Kier molecular flexibility index (Phi) is 7.00. The van der Waals surface area contributed by atoms with Gasteiger partial charge >= 0.3 is 0 Å². The number of hydrogen-bond acceptors (Lipinski definition) is 5. The van der Waals surface area contributed by atoms with Crippen LogP contribution in [0.5, 0.6) is 11.5 Å². The summed E-state index contributed by atoms with van der Waals surface area (Å²) in [5.41, 5.74) is 0.850. The van der Waals surface area contributed by atoms with Gasteiger partial charge in [-0.25, -0.2) is 12.8 Å². The maximum atomic E-state index is 14.3. The van der Waals surface area contributed by atoms with E-state index in [1.807, 2.05) is 0 Å². The number of nitrogens with one attached hydrogen (secondary N) is 1. The van der Waals surface area contributed by atoms with Crippen molar-refractivity contribution in [2.75, 3.05) is 19.5 Å². The molecule has 4 aromatic rings. The highest BCUT2D eigenvalue weighted by Gasteiger charge is 2.25. The summed E-state index contributed by atoms with van der Waals surface area (Å²) < 4.78 is 52.9. The first-order valence-corrected chi connectivity index (χ1v) is 12.5. The van der Waals surface area contributed by atoms with Crippen LogP contribution in [0.25, 0.3) is 10.9 Å². The molecule has 0 saturated carbocycles. The van der Waals surface area contributed by atoms with Crippen LogP contribution >= 0.6 is 11.6 Å². The molecule has 0 aliphatic heterocycles. The number of hydrogen-bond donors (Lipinski definition) is 1. The lowest BCUT2D eigenvalue weighted by molar-refractivity contribution is -0.116. The van der Waals surface area contributed by atoms with Gasteiger partial charge in [0, 0.05) is 33.8 Å². The lowest BCUT2D eigenvalue weighted by atomic mass is 10.2. The van der Waals surface area contributed by atoms with Gasteiger partial charge in [-0.15, -0.1) is 0 Å². The molecule has 1 aromatic heterocycles. The van der Waals surface area contributed by atoms with E-state index in [-0.39, 0.29) is 22.0 Å². The Bertz CT molecular complexity index is 1500. The van der Waals surface area contributed by atoms with Gasteiger partial charge in [0.1, 0.15) is 23.9 Å². The fourth-order valence-corrected chi connectivity index (χ4v) is 5.72. The molecule has 1 N–H and O–H groups in total. The van der Waals surface area contributed by atoms with Crippen LogP contribution in [0.15, 0.2) is 71.8 Å². The van der Waals surface area contributed by atoms with Crippen molar-refractivity contribution in [2.45, 2.75) is 17.2 Å². The van der Waals surface area contributed by atoms with Crippen LogP contribution in [-0.4, -0.2) is 33.1 Å². The van der Waals surface area contributed by atoms with E-state index in [1.54, 1.807) is 42.5 Å². The van der Waals surface area contributed by atoms with Gasteiger partial charge in [-0.2, -0.15) is 0 Å². The fraction of sp³-hybridized carbons (Fsp3) is 0.160. The summed E-state index contributed by atoms with van der Waals surface area (Å²) in [6.07, 6.45) is 1.39. The number of carbonyl (C=O) groups excluding carboxylic acids is 1. The molecule has 0 aliphatic carbocycles. The van der Waals surface area contributed by atoms with Gasteiger partial charge in [-0.1, -0.05) is 35.9 Å². The van der Waals surface area contributed by atoms with Crippen molar-refractivity contribution in [3.05, 3.63) is 83.3 Å². The second-order valence-electron chi connectivity index (χ2n) is 7.71. The Morgan fingerprint density at radius 2 is 1.83 bits per heavy atom. The third-order valence-electron chi connectivity index (χ3n) is 5.48. The van der Waals surface area contributed by atoms with E-state index in [4.69, 9.17) is 21.1 Å². The Morgan fingerprint density at radius 3 is 2.54 bits per heavy atom. The molecule has 10 heteroatoms. The minimum absolute atomic E-state index is 0.0146. The average molecular weight is 517 g/mol. The number of ether oxygens (including phenoxy) is 2. The number of methoxy groups -OCH3 is 2. The zero-order valence-electron chi connectivity index (χ0n) is 18.9. The quantitative estimate of drug-likeness (QED) is 0.353. The molecule has 0 aliphatic rings. The van der Waals surface area contributed by atoms with Gasteiger partial charge in [0.2, 0.25) is 5.91 Å². The van der Waals surface area contributed by atoms with E-state index >= 15 is 0 Å².